The topological polar surface area (TPSA) is 65.3 Å². The summed E-state index contributed by atoms with van der Waals surface area (Å²) in [4.78, 5) is 12.3. The number of nitrogens with zero attached hydrogens (tertiary/aromatic N) is 3. The van der Waals surface area contributed by atoms with Crippen molar-refractivity contribution in [3.8, 4) is 11.3 Å². The van der Waals surface area contributed by atoms with E-state index in [1.54, 1.807) is 6.07 Å². The first-order valence-electron chi connectivity index (χ1n) is 7.53. The highest BCUT2D eigenvalue weighted by atomic mass is 16.1. The van der Waals surface area contributed by atoms with Crippen LogP contribution in [0.5, 0.6) is 0 Å². The van der Waals surface area contributed by atoms with Gasteiger partial charge in [0.25, 0.3) is 5.56 Å². The standard InChI is InChI=1S/C17H20N4O/c1-3-20-14(7-8-18)10-17(22)21-16(20)11-15(19-21)13-6-4-5-12(2)9-13/h4-6,9-11H,3,7-8,18H2,1-2H3. The first kappa shape index (κ1) is 14.5. The summed E-state index contributed by atoms with van der Waals surface area (Å²) in [5.74, 6) is 0. The molecule has 0 saturated carbocycles. The maximum absolute atomic E-state index is 12.3. The summed E-state index contributed by atoms with van der Waals surface area (Å²) >= 11 is 0. The van der Waals surface area contributed by atoms with Crippen LogP contribution in [0, 0.1) is 6.92 Å². The molecule has 0 aliphatic heterocycles. The zero-order chi connectivity index (χ0) is 15.7. The summed E-state index contributed by atoms with van der Waals surface area (Å²) in [6.07, 6.45) is 0.685. The van der Waals surface area contributed by atoms with Gasteiger partial charge in [-0.3, -0.25) is 4.79 Å². The minimum atomic E-state index is -0.109. The molecule has 0 spiro atoms. The van der Waals surface area contributed by atoms with E-state index in [0.717, 1.165) is 29.1 Å². The zero-order valence-corrected chi connectivity index (χ0v) is 12.9. The van der Waals surface area contributed by atoms with Gasteiger partial charge in [-0.1, -0.05) is 23.8 Å². The Morgan fingerprint density at radius 1 is 1.23 bits per heavy atom. The van der Waals surface area contributed by atoms with Crippen LogP contribution in [-0.2, 0) is 13.0 Å². The molecular formula is C17H20N4O. The molecule has 5 heteroatoms. The molecule has 0 amide bonds. The van der Waals surface area contributed by atoms with Crippen molar-refractivity contribution < 1.29 is 0 Å². The van der Waals surface area contributed by atoms with Crippen LogP contribution in [0.1, 0.15) is 18.2 Å². The van der Waals surface area contributed by atoms with E-state index in [4.69, 9.17) is 5.73 Å². The number of hydrogen-bond donors (Lipinski definition) is 1. The summed E-state index contributed by atoms with van der Waals surface area (Å²) in [6, 6.07) is 11.7. The minimum absolute atomic E-state index is 0.109. The number of aromatic nitrogens is 3. The Balaban J connectivity index is 2.25. The molecule has 114 valence electrons. The molecule has 5 nitrogen and oxygen atoms in total. The van der Waals surface area contributed by atoms with Crippen molar-refractivity contribution in [3.63, 3.8) is 0 Å². The molecule has 2 N–H and O–H groups in total. The number of rotatable bonds is 4. The third-order valence-electron chi connectivity index (χ3n) is 3.84. The minimum Gasteiger partial charge on any atom is -0.330 e. The third kappa shape index (κ3) is 2.44. The van der Waals surface area contributed by atoms with Gasteiger partial charge in [0.05, 0.1) is 5.69 Å². The van der Waals surface area contributed by atoms with Crippen LogP contribution in [0.25, 0.3) is 16.9 Å². The SMILES string of the molecule is CCn1c(CCN)cc(=O)n2nc(-c3cccc(C)c3)cc12. The Morgan fingerprint density at radius 2 is 2.05 bits per heavy atom. The quantitative estimate of drug-likeness (QED) is 0.800. The van der Waals surface area contributed by atoms with Gasteiger partial charge in [0.15, 0.2) is 0 Å². The lowest BCUT2D eigenvalue weighted by Gasteiger charge is -2.12. The van der Waals surface area contributed by atoms with Crippen molar-refractivity contribution >= 4 is 5.65 Å². The zero-order valence-electron chi connectivity index (χ0n) is 12.9. The van der Waals surface area contributed by atoms with Crippen molar-refractivity contribution in [2.75, 3.05) is 6.54 Å². The van der Waals surface area contributed by atoms with Gasteiger partial charge >= 0.3 is 0 Å². The van der Waals surface area contributed by atoms with E-state index in [2.05, 4.69) is 22.7 Å². The molecule has 0 bridgehead atoms. The fraction of sp³-hybridized carbons (Fsp3) is 0.294. The Morgan fingerprint density at radius 3 is 2.73 bits per heavy atom. The van der Waals surface area contributed by atoms with Crippen molar-refractivity contribution in [2.45, 2.75) is 26.8 Å². The second-order valence-electron chi connectivity index (χ2n) is 5.43. The lowest BCUT2D eigenvalue weighted by molar-refractivity contribution is 0.685. The van der Waals surface area contributed by atoms with Crippen LogP contribution in [0.2, 0.25) is 0 Å². The molecule has 0 aliphatic carbocycles. The van der Waals surface area contributed by atoms with Crippen LogP contribution in [0.3, 0.4) is 0 Å². The van der Waals surface area contributed by atoms with Gasteiger partial charge in [-0.05, 0) is 26.5 Å². The maximum Gasteiger partial charge on any atom is 0.274 e. The molecule has 3 aromatic rings. The highest BCUT2D eigenvalue weighted by Crippen LogP contribution is 2.20. The first-order valence-corrected chi connectivity index (χ1v) is 7.53. The Labute approximate surface area is 129 Å². The molecule has 0 aliphatic rings. The van der Waals surface area contributed by atoms with E-state index in [1.165, 1.54) is 10.1 Å². The fourth-order valence-electron chi connectivity index (χ4n) is 2.82. The third-order valence-corrected chi connectivity index (χ3v) is 3.84. The predicted octanol–water partition coefficient (Wildman–Crippen LogP) is 1.99. The van der Waals surface area contributed by atoms with Gasteiger partial charge in [-0.25, -0.2) is 0 Å². The molecule has 2 aromatic heterocycles. The predicted molar refractivity (Wildman–Crippen MR) is 88.1 cm³/mol. The van der Waals surface area contributed by atoms with Crippen LogP contribution >= 0.6 is 0 Å². The molecule has 0 atom stereocenters. The second kappa shape index (κ2) is 5.77. The molecule has 0 unspecified atom stereocenters. The van der Waals surface area contributed by atoms with Crippen molar-refractivity contribution in [1.29, 1.82) is 0 Å². The van der Waals surface area contributed by atoms with E-state index in [1.807, 2.05) is 31.2 Å². The number of aryl methyl sites for hydroxylation is 2. The molecule has 1 aromatic carbocycles. The average Bonchev–Trinajstić information content (AvgIpc) is 2.94. The van der Waals surface area contributed by atoms with Gasteiger partial charge in [0.1, 0.15) is 5.65 Å². The fourth-order valence-corrected chi connectivity index (χ4v) is 2.82. The highest BCUT2D eigenvalue weighted by Gasteiger charge is 2.12. The van der Waals surface area contributed by atoms with Gasteiger partial charge in [-0.15, -0.1) is 0 Å². The van der Waals surface area contributed by atoms with E-state index in [0.29, 0.717) is 13.0 Å². The number of fused-ring (bicyclic) bond motifs is 1. The molecule has 2 heterocycles. The monoisotopic (exact) mass is 296 g/mol. The summed E-state index contributed by atoms with van der Waals surface area (Å²) in [6.45, 7) is 5.40. The Bertz CT molecular complexity index is 876. The molecule has 0 saturated heterocycles. The second-order valence-corrected chi connectivity index (χ2v) is 5.43. The lowest BCUT2D eigenvalue weighted by atomic mass is 10.1. The molecule has 3 rings (SSSR count). The van der Waals surface area contributed by atoms with Crippen LogP contribution in [0.4, 0.5) is 0 Å². The first-order chi connectivity index (χ1) is 10.6. The average molecular weight is 296 g/mol. The lowest BCUT2D eigenvalue weighted by Crippen LogP contribution is -2.22. The molecule has 0 radical (unpaired) electrons. The summed E-state index contributed by atoms with van der Waals surface area (Å²) in [7, 11) is 0. The summed E-state index contributed by atoms with van der Waals surface area (Å²) < 4.78 is 3.57. The van der Waals surface area contributed by atoms with Crippen LogP contribution < -0.4 is 11.3 Å². The van der Waals surface area contributed by atoms with Crippen LogP contribution in [-0.4, -0.2) is 20.7 Å². The maximum atomic E-state index is 12.3. The Hall–Kier alpha value is -2.40. The number of hydrogen-bond acceptors (Lipinski definition) is 3. The van der Waals surface area contributed by atoms with E-state index in [-0.39, 0.29) is 5.56 Å². The normalized spacial score (nSPS) is 11.2. The van der Waals surface area contributed by atoms with Gasteiger partial charge < -0.3 is 10.3 Å². The molecule has 0 fully saturated rings. The summed E-state index contributed by atoms with van der Waals surface area (Å²) in [5.41, 5.74) is 10.3. The van der Waals surface area contributed by atoms with Gasteiger partial charge in [0, 0.05) is 36.4 Å². The smallest absolute Gasteiger partial charge is 0.274 e. The van der Waals surface area contributed by atoms with Gasteiger partial charge in [-0.2, -0.15) is 9.61 Å². The highest BCUT2D eigenvalue weighted by molar-refractivity contribution is 5.65. The van der Waals surface area contributed by atoms with Crippen molar-refractivity contribution in [2.24, 2.45) is 5.73 Å². The van der Waals surface area contributed by atoms with E-state index < -0.39 is 0 Å². The largest absolute Gasteiger partial charge is 0.330 e. The van der Waals surface area contributed by atoms with E-state index in [9.17, 15) is 4.79 Å². The molecule has 22 heavy (non-hydrogen) atoms. The van der Waals surface area contributed by atoms with Crippen LogP contribution in [0.15, 0.2) is 41.2 Å². The van der Waals surface area contributed by atoms with E-state index >= 15 is 0 Å². The summed E-state index contributed by atoms with van der Waals surface area (Å²) in [5, 5.41) is 4.49. The number of benzene rings is 1. The number of nitrogens with two attached hydrogens (primary N) is 1. The van der Waals surface area contributed by atoms with Gasteiger partial charge in [0.2, 0.25) is 0 Å². The van der Waals surface area contributed by atoms with Crippen molar-refractivity contribution in [3.05, 3.63) is 58.0 Å². The van der Waals surface area contributed by atoms with Crippen molar-refractivity contribution in [1.82, 2.24) is 14.2 Å². The Kier molecular flexibility index (Phi) is 3.81. The molecular weight excluding hydrogens is 276 g/mol.